The number of hydrogen-bond acceptors (Lipinski definition) is 1. The van der Waals surface area contributed by atoms with Crippen molar-refractivity contribution in [2.75, 3.05) is 0 Å². The van der Waals surface area contributed by atoms with Gasteiger partial charge in [-0.3, -0.25) is 0 Å². The average Bonchev–Trinajstić information content (AvgIpc) is 2.11. The SMILES string of the molecule is CC(NC(C)(C)CC(C)(C)C)c1ccc(F)cc1Cl. The Kier molecular flexibility index (Phi) is 5.02. The molecule has 108 valence electrons. The number of rotatable bonds is 4. The van der Waals surface area contributed by atoms with Gasteiger partial charge in [0, 0.05) is 16.6 Å². The maximum absolute atomic E-state index is 13.1. The van der Waals surface area contributed by atoms with Crippen molar-refractivity contribution in [2.24, 2.45) is 5.41 Å². The predicted molar refractivity (Wildman–Crippen MR) is 81.1 cm³/mol. The van der Waals surface area contributed by atoms with E-state index >= 15 is 0 Å². The lowest BCUT2D eigenvalue weighted by Gasteiger charge is -2.36. The van der Waals surface area contributed by atoms with Gasteiger partial charge >= 0.3 is 0 Å². The molecule has 0 aromatic heterocycles. The van der Waals surface area contributed by atoms with Crippen molar-refractivity contribution in [3.8, 4) is 0 Å². The van der Waals surface area contributed by atoms with Crippen molar-refractivity contribution in [3.05, 3.63) is 34.6 Å². The Balaban J connectivity index is 2.81. The molecule has 0 amide bonds. The van der Waals surface area contributed by atoms with Gasteiger partial charge in [0.05, 0.1) is 0 Å². The predicted octanol–water partition coefficient (Wildman–Crippen LogP) is 5.34. The molecule has 0 bridgehead atoms. The van der Waals surface area contributed by atoms with Gasteiger partial charge in [0.25, 0.3) is 0 Å². The third-order valence-electron chi connectivity index (χ3n) is 3.01. The van der Waals surface area contributed by atoms with Crippen LogP contribution in [-0.2, 0) is 0 Å². The van der Waals surface area contributed by atoms with E-state index in [-0.39, 0.29) is 22.8 Å². The van der Waals surface area contributed by atoms with E-state index in [0.717, 1.165) is 12.0 Å². The van der Waals surface area contributed by atoms with Gasteiger partial charge in [-0.2, -0.15) is 0 Å². The smallest absolute Gasteiger partial charge is 0.124 e. The number of halogens is 2. The molecular formula is C16H25ClFN. The Hall–Kier alpha value is -0.600. The molecule has 1 N–H and O–H groups in total. The van der Waals surface area contributed by atoms with Crippen LogP contribution in [-0.4, -0.2) is 5.54 Å². The Bertz CT molecular complexity index is 435. The van der Waals surface area contributed by atoms with Crippen LogP contribution in [0.25, 0.3) is 0 Å². The van der Waals surface area contributed by atoms with Gasteiger partial charge in [0.15, 0.2) is 0 Å². The molecule has 1 aromatic carbocycles. The van der Waals surface area contributed by atoms with Crippen LogP contribution in [0.15, 0.2) is 18.2 Å². The van der Waals surface area contributed by atoms with Gasteiger partial charge in [-0.15, -0.1) is 0 Å². The average molecular weight is 286 g/mol. The van der Waals surface area contributed by atoms with E-state index in [0.29, 0.717) is 5.02 Å². The number of benzene rings is 1. The van der Waals surface area contributed by atoms with Gasteiger partial charge < -0.3 is 5.32 Å². The molecule has 0 aliphatic carbocycles. The Morgan fingerprint density at radius 1 is 1.21 bits per heavy atom. The van der Waals surface area contributed by atoms with E-state index in [9.17, 15) is 4.39 Å². The molecule has 0 saturated carbocycles. The van der Waals surface area contributed by atoms with E-state index in [4.69, 9.17) is 11.6 Å². The zero-order valence-electron chi connectivity index (χ0n) is 12.8. The number of nitrogens with one attached hydrogen (secondary N) is 1. The van der Waals surface area contributed by atoms with Crippen molar-refractivity contribution in [1.29, 1.82) is 0 Å². The molecule has 1 rings (SSSR count). The molecule has 1 unspecified atom stereocenters. The highest BCUT2D eigenvalue weighted by Gasteiger charge is 2.27. The summed E-state index contributed by atoms with van der Waals surface area (Å²) in [6.45, 7) is 13.1. The summed E-state index contributed by atoms with van der Waals surface area (Å²) in [5.41, 5.74) is 1.18. The zero-order chi connectivity index (χ0) is 14.8. The summed E-state index contributed by atoms with van der Waals surface area (Å²) in [4.78, 5) is 0. The zero-order valence-corrected chi connectivity index (χ0v) is 13.5. The minimum Gasteiger partial charge on any atom is -0.305 e. The number of hydrogen-bond donors (Lipinski definition) is 1. The fourth-order valence-electron chi connectivity index (χ4n) is 2.89. The van der Waals surface area contributed by atoms with Crippen LogP contribution in [0.2, 0.25) is 5.02 Å². The summed E-state index contributed by atoms with van der Waals surface area (Å²) >= 11 is 6.11. The van der Waals surface area contributed by atoms with Crippen molar-refractivity contribution < 1.29 is 4.39 Å². The highest BCUT2D eigenvalue weighted by Crippen LogP contribution is 2.30. The molecule has 0 radical (unpaired) electrons. The summed E-state index contributed by atoms with van der Waals surface area (Å²) in [7, 11) is 0. The van der Waals surface area contributed by atoms with Crippen LogP contribution in [0.4, 0.5) is 4.39 Å². The van der Waals surface area contributed by atoms with E-state index in [2.05, 4.69) is 46.9 Å². The minimum absolute atomic E-state index is 0.00458. The maximum atomic E-state index is 13.1. The normalized spacial score (nSPS) is 14.5. The van der Waals surface area contributed by atoms with Crippen LogP contribution < -0.4 is 5.32 Å². The van der Waals surface area contributed by atoms with Crippen LogP contribution in [0.5, 0.6) is 0 Å². The molecule has 1 atom stereocenters. The fourth-order valence-corrected chi connectivity index (χ4v) is 3.22. The first-order chi connectivity index (χ1) is 8.50. The lowest BCUT2D eigenvalue weighted by atomic mass is 9.81. The van der Waals surface area contributed by atoms with Crippen LogP contribution in [0.1, 0.15) is 59.6 Å². The van der Waals surface area contributed by atoms with Crippen molar-refractivity contribution >= 4 is 11.6 Å². The van der Waals surface area contributed by atoms with Crippen molar-refractivity contribution in [2.45, 2.75) is 59.5 Å². The molecule has 19 heavy (non-hydrogen) atoms. The molecule has 0 aliphatic heterocycles. The Morgan fingerprint density at radius 2 is 1.79 bits per heavy atom. The van der Waals surface area contributed by atoms with E-state index in [1.807, 2.05) is 0 Å². The topological polar surface area (TPSA) is 12.0 Å². The summed E-state index contributed by atoms with van der Waals surface area (Å²) in [5, 5.41) is 4.06. The molecule has 3 heteroatoms. The largest absolute Gasteiger partial charge is 0.305 e. The minimum atomic E-state index is -0.296. The van der Waals surface area contributed by atoms with Crippen LogP contribution in [0.3, 0.4) is 0 Å². The van der Waals surface area contributed by atoms with Gasteiger partial charge in [0.1, 0.15) is 5.82 Å². The third kappa shape index (κ3) is 5.50. The molecule has 0 heterocycles. The second kappa shape index (κ2) is 5.80. The molecule has 0 spiro atoms. The summed E-state index contributed by atoms with van der Waals surface area (Å²) < 4.78 is 13.1. The Morgan fingerprint density at radius 3 is 2.26 bits per heavy atom. The third-order valence-corrected chi connectivity index (χ3v) is 3.34. The molecule has 0 saturated heterocycles. The molecule has 0 fully saturated rings. The fraction of sp³-hybridized carbons (Fsp3) is 0.625. The molecule has 1 nitrogen and oxygen atoms in total. The standard InChI is InChI=1S/C16H25ClFN/c1-11(13-8-7-12(18)9-14(13)17)19-16(5,6)10-15(2,3)4/h7-9,11,19H,10H2,1-6H3. The van der Waals surface area contributed by atoms with E-state index in [1.165, 1.54) is 12.1 Å². The van der Waals surface area contributed by atoms with Crippen LogP contribution >= 0.6 is 11.6 Å². The van der Waals surface area contributed by atoms with Gasteiger partial charge in [-0.05, 0) is 50.3 Å². The molecule has 1 aromatic rings. The second-order valence-corrected chi connectivity index (χ2v) is 7.56. The summed E-state index contributed by atoms with van der Waals surface area (Å²) in [5.74, 6) is -0.296. The molecular weight excluding hydrogens is 261 g/mol. The monoisotopic (exact) mass is 285 g/mol. The first-order valence-electron chi connectivity index (χ1n) is 6.73. The van der Waals surface area contributed by atoms with Crippen LogP contribution in [0, 0.1) is 11.2 Å². The highest BCUT2D eigenvalue weighted by molar-refractivity contribution is 6.31. The quantitative estimate of drug-likeness (QED) is 0.787. The highest BCUT2D eigenvalue weighted by atomic mass is 35.5. The summed E-state index contributed by atoms with van der Waals surface area (Å²) in [6.07, 6.45) is 1.04. The summed E-state index contributed by atoms with van der Waals surface area (Å²) in [6, 6.07) is 4.66. The first kappa shape index (κ1) is 16.5. The molecule has 0 aliphatic rings. The first-order valence-corrected chi connectivity index (χ1v) is 7.11. The Labute approximate surface area is 121 Å². The lowest BCUT2D eigenvalue weighted by molar-refractivity contribution is 0.227. The van der Waals surface area contributed by atoms with Gasteiger partial charge in [0.2, 0.25) is 0 Å². The van der Waals surface area contributed by atoms with E-state index < -0.39 is 0 Å². The van der Waals surface area contributed by atoms with Gasteiger partial charge in [-0.25, -0.2) is 4.39 Å². The second-order valence-electron chi connectivity index (χ2n) is 7.15. The van der Waals surface area contributed by atoms with E-state index in [1.54, 1.807) is 6.07 Å². The van der Waals surface area contributed by atoms with Gasteiger partial charge in [-0.1, -0.05) is 38.4 Å². The van der Waals surface area contributed by atoms with Crippen molar-refractivity contribution in [1.82, 2.24) is 5.32 Å². The maximum Gasteiger partial charge on any atom is 0.124 e. The van der Waals surface area contributed by atoms with Crippen molar-refractivity contribution in [3.63, 3.8) is 0 Å². The lowest BCUT2D eigenvalue weighted by Crippen LogP contribution is -2.43.